The number of piperidine rings is 1. The first-order chi connectivity index (χ1) is 15.4. The lowest BCUT2D eigenvalue weighted by Gasteiger charge is -2.38. The predicted molar refractivity (Wildman–Crippen MR) is 126 cm³/mol. The first-order valence-corrected chi connectivity index (χ1v) is 11.6. The van der Waals surface area contributed by atoms with Crippen molar-refractivity contribution < 1.29 is 4.79 Å². The topological polar surface area (TPSA) is 50.2 Å². The van der Waals surface area contributed by atoms with E-state index in [9.17, 15) is 4.79 Å². The van der Waals surface area contributed by atoms with Crippen molar-refractivity contribution >= 4 is 11.7 Å². The summed E-state index contributed by atoms with van der Waals surface area (Å²) in [6, 6.07) is 19.3. The molecule has 32 heavy (non-hydrogen) atoms. The van der Waals surface area contributed by atoms with Crippen molar-refractivity contribution in [2.45, 2.75) is 50.6 Å². The Labute approximate surface area is 189 Å². The van der Waals surface area contributed by atoms with Crippen LogP contribution in [0.3, 0.4) is 0 Å². The highest BCUT2D eigenvalue weighted by Crippen LogP contribution is 2.60. The number of amides is 1. The Bertz CT molecular complexity index is 1200. The third kappa shape index (κ3) is 2.83. The van der Waals surface area contributed by atoms with Gasteiger partial charge in [0, 0.05) is 18.5 Å². The average Bonchev–Trinajstić information content (AvgIpc) is 3.12. The van der Waals surface area contributed by atoms with Gasteiger partial charge in [-0.3, -0.25) is 4.79 Å². The molecule has 1 aromatic heterocycles. The lowest BCUT2D eigenvalue weighted by molar-refractivity contribution is 0.0772. The standard InChI is InChI=1S/C27H30N4O/c1-18-9-7-8-12-22(18)27-13-20(27)16-30(17-27)25(32)21-15-28-31-24(21)29-23(14-26(31,2)3)19-10-5-4-6-11-19/h4-12,15,20,23,29H,13-14,16-17H2,1-3H3/t20?,23-,27?/m1/s1. The molecule has 1 amide bonds. The Hall–Kier alpha value is -3.08. The molecule has 2 fully saturated rings. The molecule has 3 aromatic rings. The van der Waals surface area contributed by atoms with Gasteiger partial charge in [0.2, 0.25) is 0 Å². The number of carbonyl (C=O) groups excluding carboxylic acids is 1. The number of aromatic nitrogens is 2. The summed E-state index contributed by atoms with van der Waals surface area (Å²) in [7, 11) is 0. The van der Waals surface area contributed by atoms with Gasteiger partial charge in [-0.1, -0.05) is 54.6 Å². The molecule has 2 unspecified atom stereocenters. The van der Waals surface area contributed by atoms with Crippen LogP contribution in [0, 0.1) is 12.8 Å². The number of hydrogen-bond acceptors (Lipinski definition) is 3. The van der Waals surface area contributed by atoms with Gasteiger partial charge < -0.3 is 10.2 Å². The number of nitrogens with one attached hydrogen (secondary N) is 1. The van der Waals surface area contributed by atoms with Crippen molar-refractivity contribution in [2.75, 3.05) is 18.4 Å². The van der Waals surface area contributed by atoms with Gasteiger partial charge >= 0.3 is 0 Å². The fourth-order valence-corrected chi connectivity index (χ4v) is 6.15. The summed E-state index contributed by atoms with van der Waals surface area (Å²) in [5.41, 5.74) is 4.66. The number of aryl methyl sites for hydroxylation is 1. The molecular weight excluding hydrogens is 396 g/mol. The zero-order chi connectivity index (χ0) is 22.1. The van der Waals surface area contributed by atoms with Gasteiger partial charge in [-0.15, -0.1) is 0 Å². The highest BCUT2D eigenvalue weighted by molar-refractivity contribution is 5.99. The van der Waals surface area contributed by atoms with E-state index < -0.39 is 0 Å². The van der Waals surface area contributed by atoms with Gasteiger partial charge in [0.15, 0.2) is 0 Å². The second-order valence-electron chi connectivity index (χ2n) is 10.5. The van der Waals surface area contributed by atoms with Crippen LogP contribution >= 0.6 is 0 Å². The van der Waals surface area contributed by atoms with Crippen molar-refractivity contribution in [1.29, 1.82) is 0 Å². The molecule has 1 aliphatic carbocycles. The molecule has 0 radical (unpaired) electrons. The number of rotatable bonds is 3. The van der Waals surface area contributed by atoms with Gasteiger partial charge in [0.25, 0.3) is 5.91 Å². The number of benzene rings is 2. The van der Waals surface area contributed by atoms with Gasteiger partial charge in [0.05, 0.1) is 17.8 Å². The Morgan fingerprint density at radius 3 is 2.59 bits per heavy atom. The Balaban J connectivity index is 1.30. The predicted octanol–water partition coefficient (Wildman–Crippen LogP) is 4.90. The number of anilines is 1. The van der Waals surface area contributed by atoms with Gasteiger partial charge in [0.1, 0.15) is 11.4 Å². The second kappa shape index (κ2) is 6.71. The van der Waals surface area contributed by atoms with Gasteiger partial charge in [-0.25, -0.2) is 4.68 Å². The van der Waals surface area contributed by atoms with Crippen molar-refractivity contribution in [3.05, 3.63) is 83.0 Å². The van der Waals surface area contributed by atoms with Crippen LogP contribution in [0.2, 0.25) is 0 Å². The van der Waals surface area contributed by atoms with Crippen molar-refractivity contribution in [1.82, 2.24) is 14.7 Å². The molecule has 6 rings (SSSR count). The van der Waals surface area contributed by atoms with Crippen LogP contribution in [0.15, 0.2) is 60.8 Å². The molecule has 1 N–H and O–H groups in total. The van der Waals surface area contributed by atoms with E-state index in [0.717, 1.165) is 25.3 Å². The van der Waals surface area contributed by atoms with Crippen LogP contribution in [0.25, 0.3) is 0 Å². The molecule has 5 heteroatoms. The highest BCUT2D eigenvalue weighted by Gasteiger charge is 2.62. The Morgan fingerprint density at radius 2 is 1.81 bits per heavy atom. The Kier molecular flexibility index (Phi) is 4.11. The maximum absolute atomic E-state index is 13.7. The van der Waals surface area contributed by atoms with E-state index in [0.29, 0.717) is 11.5 Å². The third-order valence-corrected chi connectivity index (χ3v) is 7.90. The molecule has 3 heterocycles. The van der Waals surface area contributed by atoms with E-state index >= 15 is 0 Å². The van der Waals surface area contributed by atoms with Crippen LogP contribution < -0.4 is 5.32 Å². The zero-order valence-electron chi connectivity index (χ0n) is 19.0. The molecule has 164 valence electrons. The lowest BCUT2D eigenvalue weighted by atomic mass is 9.89. The smallest absolute Gasteiger partial charge is 0.259 e. The van der Waals surface area contributed by atoms with E-state index in [1.165, 1.54) is 23.1 Å². The molecule has 5 nitrogen and oxygen atoms in total. The molecule has 2 aliphatic heterocycles. The van der Waals surface area contributed by atoms with Gasteiger partial charge in [-0.2, -0.15) is 5.10 Å². The minimum Gasteiger partial charge on any atom is -0.363 e. The van der Waals surface area contributed by atoms with Crippen LogP contribution in [0.1, 0.15) is 59.8 Å². The van der Waals surface area contributed by atoms with Crippen molar-refractivity contribution in [3.63, 3.8) is 0 Å². The first kappa shape index (κ1) is 19.6. The largest absolute Gasteiger partial charge is 0.363 e. The fourth-order valence-electron chi connectivity index (χ4n) is 6.15. The van der Waals surface area contributed by atoms with Crippen LogP contribution in [0.5, 0.6) is 0 Å². The highest BCUT2D eigenvalue weighted by atomic mass is 16.2. The van der Waals surface area contributed by atoms with Crippen LogP contribution in [-0.2, 0) is 11.0 Å². The zero-order valence-corrected chi connectivity index (χ0v) is 19.0. The van der Waals surface area contributed by atoms with E-state index in [1.54, 1.807) is 6.20 Å². The number of likely N-dealkylation sites (tertiary alicyclic amines) is 1. The molecule has 1 saturated carbocycles. The molecule has 0 spiro atoms. The summed E-state index contributed by atoms with van der Waals surface area (Å²) in [5.74, 6) is 1.52. The minimum absolute atomic E-state index is 0.100. The van der Waals surface area contributed by atoms with E-state index in [1.807, 2.05) is 10.7 Å². The normalized spacial score (nSPS) is 27.4. The summed E-state index contributed by atoms with van der Waals surface area (Å²) in [5, 5.41) is 8.30. The molecule has 3 atom stereocenters. The average molecular weight is 427 g/mol. The molecule has 0 bridgehead atoms. The summed E-state index contributed by atoms with van der Waals surface area (Å²) >= 11 is 0. The van der Waals surface area contributed by atoms with E-state index in [2.05, 4.69) is 84.6 Å². The van der Waals surface area contributed by atoms with E-state index in [4.69, 9.17) is 0 Å². The summed E-state index contributed by atoms with van der Waals surface area (Å²) in [6.07, 6.45) is 3.88. The lowest BCUT2D eigenvalue weighted by Crippen LogP contribution is -2.39. The number of fused-ring (bicyclic) bond motifs is 2. The monoisotopic (exact) mass is 426 g/mol. The maximum atomic E-state index is 13.7. The van der Waals surface area contributed by atoms with Gasteiger partial charge in [-0.05, 0) is 56.2 Å². The maximum Gasteiger partial charge on any atom is 0.259 e. The third-order valence-electron chi connectivity index (χ3n) is 7.90. The van der Waals surface area contributed by atoms with Crippen molar-refractivity contribution in [3.8, 4) is 0 Å². The summed E-state index contributed by atoms with van der Waals surface area (Å²) in [6.45, 7) is 8.23. The number of nitrogens with zero attached hydrogens (tertiary/aromatic N) is 3. The van der Waals surface area contributed by atoms with Crippen LogP contribution in [-0.4, -0.2) is 33.7 Å². The number of hydrogen-bond donors (Lipinski definition) is 1. The molecule has 1 saturated heterocycles. The van der Waals surface area contributed by atoms with E-state index in [-0.39, 0.29) is 22.9 Å². The fraction of sp³-hybridized carbons (Fsp3) is 0.407. The molecule has 2 aromatic carbocycles. The number of carbonyl (C=O) groups is 1. The SMILES string of the molecule is Cc1ccccc1C12CC1CN(C(=O)c1cnn3c1N[C@@H](c1ccccc1)CC3(C)C)C2. The van der Waals surface area contributed by atoms with Crippen molar-refractivity contribution in [2.24, 2.45) is 5.92 Å². The Morgan fingerprint density at radius 1 is 1.06 bits per heavy atom. The summed E-state index contributed by atoms with van der Waals surface area (Å²) < 4.78 is 2.01. The summed E-state index contributed by atoms with van der Waals surface area (Å²) in [4.78, 5) is 15.7. The second-order valence-corrected chi connectivity index (χ2v) is 10.5. The van der Waals surface area contributed by atoms with Crippen LogP contribution in [0.4, 0.5) is 5.82 Å². The minimum atomic E-state index is -0.171. The first-order valence-electron chi connectivity index (χ1n) is 11.6. The molecular formula is C27H30N4O. The quantitative estimate of drug-likeness (QED) is 0.648. The molecule has 3 aliphatic rings.